The molecule has 0 spiro atoms. The smallest absolute Gasteiger partial charge is 0.269 e. The van der Waals surface area contributed by atoms with Gasteiger partial charge in [0.05, 0.1) is 22.7 Å². The van der Waals surface area contributed by atoms with Crippen LogP contribution in [0.2, 0.25) is 0 Å². The van der Waals surface area contributed by atoms with Gasteiger partial charge in [0.25, 0.3) is 5.69 Å². The number of aromatic nitrogens is 2. The lowest BCUT2D eigenvalue weighted by molar-refractivity contribution is -0.384. The minimum absolute atomic E-state index is 0.0949. The van der Waals surface area contributed by atoms with Crippen LogP contribution >= 0.6 is 11.8 Å². The fourth-order valence-corrected chi connectivity index (χ4v) is 4.94. The lowest BCUT2D eigenvalue weighted by Gasteiger charge is -2.31. The molecule has 1 unspecified atom stereocenters. The Hall–Kier alpha value is -4.35. The topological polar surface area (TPSA) is 109 Å². The first kappa shape index (κ1) is 24.3. The molecule has 0 radical (unpaired) electrons. The number of hydrazone groups is 1. The first-order chi connectivity index (χ1) is 17.8. The minimum atomic E-state index is -1.66. The Morgan fingerprint density at radius 3 is 2.51 bits per heavy atom. The summed E-state index contributed by atoms with van der Waals surface area (Å²) in [4.78, 5) is 19.1. The molecule has 186 valence electrons. The Balaban J connectivity index is 1.55. The van der Waals surface area contributed by atoms with Gasteiger partial charge in [0.1, 0.15) is 11.5 Å². The first-order valence-corrected chi connectivity index (χ1v) is 12.2. The lowest BCUT2D eigenvalue weighted by atomic mass is 10.0. The monoisotopic (exact) mass is 516 g/mol. The number of para-hydroxylation sites is 1. The molecule has 1 N–H and O–H groups in total. The number of imidazole rings is 1. The van der Waals surface area contributed by atoms with E-state index in [0.717, 1.165) is 11.3 Å². The van der Waals surface area contributed by atoms with Crippen molar-refractivity contribution in [1.29, 1.82) is 0 Å². The summed E-state index contributed by atoms with van der Waals surface area (Å²) < 4.78 is 16.3. The fourth-order valence-electron chi connectivity index (χ4n) is 3.85. The summed E-state index contributed by atoms with van der Waals surface area (Å²) in [5.74, 6) is -0.369. The number of nitrogens with zero attached hydrogens (tertiary/aromatic N) is 6. The predicted molar refractivity (Wildman–Crippen MR) is 141 cm³/mol. The van der Waals surface area contributed by atoms with E-state index >= 15 is 0 Å². The maximum Gasteiger partial charge on any atom is 0.269 e. The van der Waals surface area contributed by atoms with Gasteiger partial charge in [-0.2, -0.15) is 5.10 Å². The largest absolute Gasteiger partial charge is 0.365 e. The van der Waals surface area contributed by atoms with Crippen LogP contribution in [-0.4, -0.2) is 41.2 Å². The van der Waals surface area contributed by atoms with E-state index in [-0.39, 0.29) is 17.1 Å². The van der Waals surface area contributed by atoms with Crippen molar-refractivity contribution in [3.63, 3.8) is 0 Å². The highest BCUT2D eigenvalue weighted by molar-refractivity contribution is 8.14. The molecule has 1 aromatic heterocycles. The molecule has 11 heteroatoms. The zero-order valence-corrected chi connectivity index (χ0v) is 20.4. The number of aliphatic imine (C=N–C) groups is 1. The van der Waals surface area contributed by atoms with Gasteiger partial charge in [-0.25, -0.2) is 19.4 Å². The number of rotatable bonds is 6. The van der Waals surface area contributed by atoms with Crippen molar-refractivity contribution in [2.24, 2.45) is 10.1 Å². The number of thioether (sulfide) groups is 1. The van der Waals surface area contributed by atoms with E-state index < -0.39 is 16.5 Å². The van der Waals surface area contributed by atoms with E-state index in [1.807, 2.05) is 35.0 Å². The summed E-state index contributed by atoms with van der Waals surface area (Å²) in [6, 6.07) is 19.4. The number of aliphatic hydroxyl groups is 1. The van der Waals surface area contributed by atoms with Gasteiger partial charge in [0.15, 0.2) is 10.9 Å². The van der Waals surface area contributed by atoms with Gasteiger partial charge in [-0.1, -0.05) is 36.0 Å². The molecule has 5 rings (SSSR count). The highest BCUT2D eigenvalue weighted by Gasteiger charge is 2.46. The van der Waals surface area contributed by atoms with Crippen molar-refractivity contribution >= 4 is 34.0 Å². The number of nitro benzene ring substituents is 1. The zero-order chi connectivity index (χ0) is 26.0. The number of hydrogen-bond acceptors (Lipinski definition) is 7. The van der Waals surface area contributed by atoms with Crippen molar-refractivity contribution in [2.75, 3.05) is 5.75 Å². The fraction of sp³-hybridized carbons (Fsp3) is 0.115. The molecule has 1 aliphatic rings. The average molecular weight is 517 g/mol. The van der Waals surface area contributed by atoms with Crippen LogP contribution in [0.1, 0.15) is 18.1 Å². The molecule has 0 aliphatic carbocycles. The molecular weight excluding hydrogens is 495 g/mol. The summed E-state index contributed by atoms with van der Waals surface area (Å²) >= 11 is 1.21. The van der Waals surface area contributed by atoms with Crippen molar-refractivity contribution in [3.05, 3.63) is 119 Å². The van der Waals surface area contributed by atoms with Crippen LogP contribution in [0.15, 0.2) is 102 Å². The lowest BCUT2D eigenvalue weighted by Crippen LogP contribution is -2.42. The minimum Gasteiger partial charge on any atom is -0.365 e. The number of non-ortho nitro benzene ring substituents is 1. The van der Waals surface area contributed by atoms with Crippen LogP contribution in [0, 0.1) is 15.9 Å². The maximum absolute atomic E-state index is 14.4. The van der Waals surface area contributed by atoms with Crippen molar-refractivity contribution in [1.82, 2.24) is 14.6 Å². The van der Waals surface area contributed by atoms with Crippen LogP contribution in [0.4, 0.5) is 15.8 Å². The molecule has 0 saturated carbocycles. The van der Waals surface area contributed by atoms with Crippen LogP contribution < -0.4 is 0 Å². The molecule has 0 amide bonds. The molecule has 1 atom stereocenters. The third-order valence-corrected chi connectivity index (χ3v) is 6.95. The normalized spacial score (nSPS) is 18.9. The number of amidine groups is 1. The van der Waals surface area contributed by atoms with Crippen LogP contribution in [0.3, 0.4) is 0 Å². The highest BCUT2D eigenvalue weighted by atomic mass is 32.2. The molecule has 9 nitrogen and oxygen atoms in total. The van der Waals surface area contributed by atoms with E-state index in [4.69, 9.17) is 5.10 Å². The van der Waals surface area contributed by atoms with Gasteiger partial charge in [-0.05, 0) is 48.9 Å². The number of nitro groups is 1. The Morgan fingerprint density at radius 2 is 1.86 bits per heavy atom. The average Bonchev–Trinajstić information content (AvgIpc) is 3.56. The van der Waals surface area contributed by atoms with Gasteiger partial charge >= 0.3 is 0 Å². The molecule has 1 aliphatic heterocycles. The SMILES string of the molecule is C/C(=N/N1C(=Nc2ccccc2F)SCC1(O)c1ccc([N+](=O)[O-])cc1)c1ccc(-n2ccnc2)cc1. The van der Waals surface area contributed by atoms with Crippen molar-refractivity contribution in [3.8, 4) is 5.69 Å². The zero-order valence-electron chi connectivity index (χ0n) is 19.6. The Kier molecular flexibility index (Phi) is 6.55. The van der Waals surface area contributed by atoms with Gasteiger partial charge in [0.2, 0.25) is 0 Å². The predicted octanol–water partition coefficient (Wildman–Crippen LogP) is 5.23. The summed E-state index contributed by atoms with van der Waals surface area (Å²) in [5.41, 5.74) is 1.06. The summed E-state index contributed by atoms with van der Waals surface area (Å²) in [7, 11) is 0. The third-order valence-electron chi connectivity index (χ3n) is 5.88. The molecule has 0 bridgehead atoms. The van der Waals surface area contributed by atoms with E-state index in [1.165, 1.54) is 53.2 Å². The molecule has 4 aromatic rings. The van der Waals surface area contributed by atoms with Crippen molar-refractivity contribution < 1.29 is 14.4 Å². The number of hydrogen-bond donors (Lipinski definition) is 1. The molecule has 2 heterocycles. The number of benzene rings is 3. The standard InChI is InChI=1S/C26H21FN6O3S/c1-18(19-6-10-21(11-7-19)31-15-14-28-17-31)30-32-25(29-24-5-3-2-4-23(24)27)37-16-26(32,34)20-8-12-22(13-9-20)33(35)36/h2-15,17,34H,16H2,1H3/b29-25?,30-18-. The Bertz CT molecular complexity index is 1490. The van der Waals surface area contributed by atoms with Gasteiger partial charge in [-0.3, -0.25) is 10.1 Å². The van der Waals surface area contributed by atoms with E-state index in [1.54, 1.807) is 31.6 Å². The molecule has 3 aromatic carbocycles. The van der Waals surface area contributed by atoms with Crippen LogP contribution in [0.5, 0.6) is 0 Å². The second-order valence-corrected chi connectivity index (χ2v) is 9.21. The summed E-state index contributed by atoms with van der Waals surface area (Å²) in [6.07, 6.45) is 5.24. The van der Waals surface area contributed by atoms with E-state index in [2.05, 4.69) is 9.98 Å². The quantitative estimate of drug-likeness (QED) is 0.214. The summed E-state index contributed by atoms with van der Waals surface area (Å²) in [6.45, 7) is 1.80. The third kappa shape index (κ3) is 4.86. The number of halogens is 1. The van der Waals surface area contributed by atoms with Crippen LogP contribution in [-0.2, 0) is 5.72 Å². The van der Waals surface area contributed by atoms with E-state index in [0.29, 0.717) is 16.4 Å². The van der Waals surface area contributed by atoms with Crippen LogP contribution in [0.25, 0.3) is 5.69 Å². The Morgan fingerprint density at radius 1 is 1.14 bits per heavy atom. The Labute approximate surface area is 215 Å². The van der Waals surface area contributed by atoms with Gasteiger partial charge < -0.3 is 9.67 Å². The van der Waals surface area contributed by atoms with E-state index in [9.17, 15) is 19.6 Å². The molecule has 1 fully saturated rings. The molecule has 37 heavy (non-hydrogen) atoms. The maximum atomic E-state index is 14.4. The second kappa shape index (κ2) is 9.96. The van der Waals surface area contributed by atoms with Crippen molar-refractivity contribution in [2.45, 2.75) is 12.6 Å². The first-order valence-electron chi connectivity index (χ1n) is 11.2. The van der Waals surface area contributed by atoms with Gasteiger partial charge in [-0.15, -0.1) is 0 Å². The molecular formula is C26H21FN6O3S. The summed E-state index contributed by atoms with van der Waals surface area (Å²) in [5, 5.41) is 29.2. The second-order valence-electron chi connectivity index (χ2n) is 8.27. The van der Waals surface area contributed by atoms with Gasteiger partial charge in [0, 0.05) is 35.8 Å². The molecule has 1 saturated heterocycles. The highest BCUT2D eigenvalue weighted by Crippen LogP contribution is 2.41.